The van der Waals surface area contributed by atoms with Gasteiger partial charge in [-0.2, -0.15) is 0 Å². The fourth-order valence-corrected chi connectivity index (χ4v) is 5.97. The van der Waals surface area contributed by atoms with Crippen LogP contribution < -0.4 is 0 Å². The van der Waals surface area contributed by atoms with E-state index in [2.05, 4.69) is 45.1 Å². The van der Waals surface area contributed by atoms with Crippen LogP contribution >= 0.6 is 0 Å². The Balaban J connectivity index is 1.01. The predicted octanol–water partition coefficient (Wildman–Crippen LogP) is 5.47. The number of benzene rings is 2. The first-order chi connectivity index (χ1) is 18.2. The molecule has 0 N–H and O–H groups in total. The molecule has 0 radical (unpaired) electrons. The highest BCUT2D eigenvalue weighted by Gasteiger charge is 2.27. The van der Waals surface area contributed by atoms with E-state index in [1.165, 1.54) is 23.4 Å². The second-order valence-electron chi connectivity index (χ2n) is 10.4. The molecule has 7 heteroatoms. The molecule has 4 heterocycles. The fraction of sp³-hybridized carbons (Fsp3) is 0.400. The Morgan fingerprint density at radius 3 is 2.68 bits per heavy atom. The van der Waals surface area contributed by atoms with E-state index in [1.807, 2.05) is 17.0 Å². The average molecular weight is 501 g/mol. The van der Waals surface area contributed by atoms with E-state index in [4.69, 9.17) is 4.52 Å². The Bertz CT molecular complexity index is 1370. The summed E-state index contributed by atoms with van der Waals surface area (Å²) >= 11 is 0. The number of nitrogens with zero attached hydrogens (tertiary/aromatic N) is 4. The number of carbonyl (C=O) groups excluding carboxylic acids is 1. The third kappa shape index (κ3) is 5.05. The van der Waals surface area contributed by atoms with Crippen molar-refractivity contribution in [1.82, 2.24) is 19.5 Å². The fourth-order valence-electron chi connectivity index (χ4n) is 5.97. The van der Waals surface area contributed by atoms with Crippen LogP contribution in [0.1, 0.15) is 58.9 Å². The topological polar surface area (TPSA) is 54.5 Å². The van der Waals surface area contributed by atoms with Crippen molar-refractivity contribution in [2.24, 2.45) is 0 Å². The van der Waals surface area contributed by atoms with Gasteiger partial charge >= 0.3 is 0 Å². The minimum atomic E-state index is -0.297. The SMILES string of the molecule is O=C1c2ccn(Cc3ccccc3)c2CCCN1CCCN1CCC(c2noc3cc(F)ccc23)CC1. The van der Waals surface area contributed by atoms with Crippen LogP contribution in [0.2, 0.25) is 0 Å². The van der Waals surface area contributed by atoms with E-state index in [0.717, 1.165) is 88.0 Å². The molecule has 0 spiro atoms. The molecule has 1 saturated heterocycles. The molecule has 0 unspecified atom stereocenters. The van der Waals surface area contributed by atoms with Gasteiger partial charge in [0.05, 0.1) is 11.3 Å². The second kappa shape index (κ2) is 10.5. The first kappa shape index (κ1) is 23.9. The highest BCUT2D eigenvalue weighted by Crippen LogP contribution is 2.33. The van der Waals surface area contributed by atoms with E-state index in [0.29, 0.717) is 11.5 Å². The molecule has 2 aliphatic heterocycles. The number of hydrogen-bond donors (Lipinski definition) is 0. The molecule has 192 valence electrons. The molecular formula is C30H33FN4O2. The zero-order valence-electron chi connectivity index (χ0n) is 21.1. The maximum absolute atomic E-state index is 13.5. The summed E-state index contributed by atoms with van der Waals surface area (Å²) in [5.41, 5.74) is 4.78. The molecule has 2 aromatic heterocycles. The van der Waals surface area contributed by atoms with Crippen molar-refractivity contribution in [2.75, 3.05) is 32.7 Å². The lowest BCUT2D eigenvalue weighted by atomic mass is 9.91. The number of halogens is 1. The van der Waals surface area contributed by atoms with Gasteiger partial charge < -0.3 is 18.9 Å². The number of fused-ring (bicyclic) bond motifs is 2. The van der Waals surface area contributed by atoms with Crippen LogP contribution in [0.25, 0.3) is 11.0 Å². The number of aromatic nitrogens is 2. The second-order valence-corrected chi connectivity index (χ2v) is 10.4. The highest BCUT2D eigenvalue weighted by molar-refractivity contribution is 5.95. The van der Waals surface area contributed by atoms with E-state index in [1.54, 1.807) is 6.07 Å². The summed E-state index contributed by atoms with van der Waals surface area (Å²) in [4.78, 5) is 17.9. The molecule has 4 aromatic rings. The normalized spacial score (nSPS) is 17.3. The van der Waals surface area contributed by atoms with Crippen LogP contribution in [0.15, 0.2) is 65.3 Å². The third-order valence-corrected chi connectivity index (χ3v) is 7.97. The van der Waals surface area contributed by atoms with E-state index in [9.17, 15) is 9.18 Å². The molecule has 0 saturated carbocycles. The maximum Gasteiger partial charge on any atom is 0.255 e. The van der Waals surface area contributed by atoms with Crippen molar-refractivity contribution in [3.8, 4) is 0 Å². The molecule has 0 aliphatic carbocycles. The summed E-state index contributed by atoms with van der Waals surface area (Å²) in [5.74, 6) is 0.217. The Morgan fingerprint density at radius 1 is 1.00 bits per heavy atom. The van der Waals surface area contributed by atoms with Crippen molar-refractivity contribution < 1.29 is 13.7 Å². The molecule has 37 heavy (non-hydrogen) atoms. The minimum absolute atomic E-state index is 0.173. The summed E-state index contributed by atoms with van der Waals surface area (Å²) in [7, 11) is 0. The maximum atomic E-state index is 13.5. The van der Waals surface area contributed by atoms with Gasteiger partial charge in [0.1, 0.15) is 5.82 Å². The van der Waals surface area contributed by atoms with E-state index < -0.39 is 0 Å². The Hall–Kier alpha value is -3.45. The van der Waals surface area contributed by atoms with Crippen LogP contribution in [-0.4, -0.2) is 58.2 Å². The van der Waals surface area contributed by atoms with Gasteiger partial charge in [0, 0.05) is 48.9 Å². The highest BCUT2D eigenvalue weighted by atomic mass is 19.1. The Labute approximate surface area is 216 Å². The number of hydrogen-bond acceptors (Lipinski definition) is 4. The Kier molecular flexibility index (Phi) is 6.79. The lowest BCUT2D eigenvalue weighted by Crippen LogP contribution is -2.37. The monoisotopic (exact) mass is 500 g/mol. The lowest BCUT2D eigenvalue weighted by Gasteiger charge is -2.31. The number of likely N-dealkylation sites (tertiary alicyclic amines) is 1. The molecule has 2 aliphatic rings. The largest absolute Gasteiger partial charge is 0.356 e. The van der Waals surface area contributed by atoms with Gasteiger partial charge in [-0.15, -0.1) is 0 Å². The minimum Gasteiger partial charge on any atom is -0.356 e. The zero-order valence-corrected chi connectivity index (χ0v) is 21.1. The van der Waals surface area contributed by atoms with Gasteiger partial charge in [-0.25, -0.2) is 4.39 Å². The quantitative estimate of drug-likeness (QED) is 0.338. The molecular weight excluding hydrogens is 467 g/mol. The molecule has 0 atom stereocenters. The van der Waals surface area contributed by atoms with Crippen molar-refractivity contribution >= 4 is 16.9 Å². The van der Waals surface area contributed by atoms with Crippen molar-refractivity contribution in [3.63, 3.8) is 0 Å². The van der Waals surface area contributed by atoms with E-state index in [-0.39, 0.29) is 11.7 Å². The smallest absolute Gasteiger partial charge is 0.255 e. The average Bonchev–Trinajstić information content (AvgIpc) is 3.48. The van der Waals surface area contributed by atoms with Crippen LogP contribution in [0.5, 0.6) is 0 Å². The number of piperidine rings is 1. The van der Waals surface area contributed by atoms with Gasteiger partial charge in [0.2, 0.25) is 0 Å². The van der Waals surface area contributed by atoms with Crippen molar-refractivity contribution in [3.05, 3.63) is 89.1 Å². The molecule has 1 fully saturated rings. The molecule has 2 aromatic carbocycles. The van der Waals surface area contributed by atoms with Crippen LogP contribution in [-0.2, 0) is 13.0 Å². The van der Waals surface area contributed by atoms with Gasteiger partial charge in [0.15, 0.2) is 5.58 Å². The summed E-state index contributed by atoms with van der Waals surface area (Å²) in [6, 6.07) is 17.1. The first-order valence-electron chi connectivity index (χ1n) is 13.4. The van der Waals surface area contributed by atoms with Gasteiger partial charge in [-0.05, 0) is 75.5 Å². The standard InChI is InChI=1S/C30H33FN4O2/c31-24-9-10-26-28(20-24)37-32-29(26)23-11-17-33(18-12-23)14-5-16-34-15-4-8-27-25(30(34)36)13-19-35(27)21-22-6-2-1-3-7-22/h1-3,6-7,9-10,13,19-20,23H,4-5,8,11-12,14-18,21H2. The van der Waals surface area contributed by atoms with Crippen LogP contribution in [0, 0.1) is 5.82 Å². The number of amides is 1. The molecule has 6 nitrogen and oxygen atoms in total. The summed E-state index contributed by atoms with van der Waals surface area (Å²) in [6.07, 6.45) is 7.01. The molecule has 0 bridgehead atoms. The first-order valence-corrected chi connectivity index (χ1v) is 13.4. The predicted molar refractivity (Wildman–Crippen MR) is 141 cm³/mol. The van der Waals surface area contributed by atoms with Gasteiger partial charge in [-0.3, -0.25) is 4.79 Å². The van der Waals surface area contributed by atoms with Crippen molar-refractivity contribution in [2.45, 2.75) is 44.6 Å². The third-order valence-electron chi connectivity index (χ3n) is 7.97. The number of carbonyl (C=O) groups is 1. The van der Waals surface area contributed by atoms with Gasteiger partial charge in [-0.1, -0.05) is 35.5 Å². The van der Waals surface area contributed by atoms with Crippen molar-refractivity contribution in [1.29, 1.82) is 0 Å². The van der Waals surface area contributed by atoms with Crippen LogP contribution in [0.4, 0.5) is 4.39 Å². The molecule has 6 rings (SSSR count). The Morgan fingerprint density at radius 2 is 1.84 bits per heavy atom. The van der Waals surface area contributed by atoms with Crippen LogP contribution in [0.3, 0.4) is 0 Å². The molecule has 1 amide bonds. The van der Waals surface area contributed by atoms with E-state index >= 15 is 0 Å². The summed E-state index contributed by atoms with van der Waals surface area (Å²) in [5, 5.41) is 5.19. The zero-order chi connectivity index (χ0) is 25.2. The van der Waals surface area contributed by atoms with Gasteiger partial charge in [0.25, 0.3) is 5.91 Å². The lowest BCUT2D eigenvalue weighted by molar-refractivity contribution is 0.0751. The summed E-state index contributed by atoms with van der Waals surface area (Å²) < 4.78 is 21.1. The summed E-state index contributed by atoms with van der Waals surface area (Å²) in [6.45, 7) is 5.41. The number of rotatable bonds is 7.